The van der Waals surface area contributed by atoms with E-state index >= 15 is 0 Å². The van der Waals surface area contributed by atoms with Gasteiger partial charge in [0, 0.05) is 13.2 Å². The van der Waals surface area contributed by atoms with Gasteiger partial charge in [0.15, 0.2) is 5.03 Å². The van der Waals surface area contributed by atoms with Crippen molar-refractivity contribution in [1.82, 2.24) is 14.3 Å². The molecule has 0 aliphatic heterocycles. The average molecular weight is 233 g/mol. The summed E-state index contributed by atoms with van der Waals surface area (Å²) in [7, 11) is -2.17. The lowest BCUT2D eigenvalue weighted by Gasteiger charge is -1.99. The van der Waals surface area contributed by atoms with Crippen molar-refractivity contribution in [3.63, 3.8) is 0 Å². The zero-order chi connectivity index (χ0) is 11.6. The lowest BCUT2D eigenvalue weighted by Crippen LogP contribution is -2.29. The van der Waals surface area contributed by atoms with Crippen molar-refractivity contribution in [3.05, 3.63) is 12.0 Å². The Morgan fingerprint density at radius 1 is 1.67 bits per heavy atom. The summed E-state index contributed by atoms with van der Waals surface area (Å²) in [4.78, 5) is 14.0. The number of aromatic nitrogens is 2. The Morgan fingerprint density at radius 2 is 2.27 bits per heavy atom. The second-order valence-electron chi connectivity index (χ2n) is 2.96. The van der Waals surface area contributed by atoms with Gasteiger partial charge in [0.25, 0.3) is 10.0 Å². The molecular weight excluding hydrogens is 222 g/mol. The van der Waals surface area contributed by atoms with Crippen LogP contribution in [-0.2, 0) is 21.9 Å². The van der Waals surface area contributed by atoms with E-state index < -0.39 is 22.5 Å². The van der Waals surface area contributed by atoms with Crippen LogP contribution in [0.4, 0.5) is 0 Å². The van der Waals surface area contributed by atoms with Crippen LogP contribution < -0.4 is 4.72 Å². The molecule has 1 aromatic rings. The van der Waals surface area contributed by atoms with Gasteiger partial charge in [0.05, 0.1) is 0 Å². The van der Waals surface area contributed by atoms with Gasteiger partial charge in [-0.1, -0.05) is 0 Å². The van der Waals surface area contributed by atoms with E-state index in [1.807, 2.05) is 4.72 Å². The molecular formula is C7H11N3O4S. The third-order valence-electron chi connectivity index (χ3n) is 1.78. The van der Waals surface area contributed by atoms with E-state index in [1.54, 1.807) is 14.0 Å². The third-order valence-corrected chi connectivity index (χ3v) is 3.05. The number of imidazole rings is 1. The van der Waals surface area contributed by atoms with Crippen LogP contribution in [0.3, 0.4) is 0 Å². The van der Waals surface area contributed by atoms with E-state index in [4.69, 9.17) is 5.11 Å². The van der Waals surface area contributed by atoms with Crippen LogP contribution in [-0.4, -0.2) is 35.6 Å². The maximum absolute atomic E-state index is 11.5. The summed E-state index contributed by atoms with van der Waals surface area (Å²) >= 11 is 0. The predicted octanol–water partition coefficient (Wildman–Crippen LogP) is -0.909. The average Bonchev–Trinajstić information content (AvgIpc) is 2.45. The molecule has 8 heteroatoms. The van der Waals surface area contributed by atoms with Crippen molar-refractivity contribution >= 4 is 16.0 Å². The summed E-state index contributed by atoms with van der Waals surface area (Å²) in [5, 5.41) is 8.15. The van der Waals surface area contributed by atoms with Gasteiger partial charge >= 0.3 is 5.97 Å². The van der Waals surface area contributed by atoms with E-state index in [1.165, 1.54) is 10.8 Å². The van der Waals surface area contributed by atoms with Crippen molar-refractivity contribution in [2.24, 2.45) is 7.05 Å². The van der Waals surface area contributed by atoms with Crippen LogP contribution in [0, 0.1) is 6.92 Å². The highest BCUT2D eigenvalue weighted by molar-refractivity contribution is 7.89. The number of nitrogens with one attached hydrogen (secondary N) is 1. The Bertz CT molecular complexity index is 457. The van der Waals surface area contributed by atoms with Gasteiger partial charge in [-0.15, -0.1) is 0 Å². The fourth-order valence-electron chi connectivity index (χ4n) is 0.886. The number of nitrogens with zero attached hydrogens (tertiary/aromatic N) is 2. The number of carboxylic acids is 1. The maximum atomic E-state index is 11.5. The van der Waals surface area contributed by atoms with Crippen molar-refractivity contribution in [3.8, 4) is 0 Å². The van der Waals surface area contributed by atoms with E-state index in [0.29, 0.717) is 5.82 Å². The summed E-state index contributed by atoms with van der Waals surface area (Å²) in [5.41, 5.74) is 0. The summed E-state index contributed by atoms with van der Waals surface area (Å²) in [6.45, 7) is 0.994. The standard InChI is InChI=1S/C7H11N3O4S/c1-5-9-6(4-10(5)2)15(13,14)8-3-7(11)12/h4,8H,3H2,1-2H3,(H,11,12). The van der Waals surface area contributed by atoms with E-state index in [9.17, 15) is 13.2 Å². The lowest BCUT2D eigenvalue weighted by atomic mass is 10.7. The number of sulfonamides is 1. The molecule has 0 aliphatic carbocycles. The van der Waals surface area contributed by atoms with Crippen molar-refractivity contribution < 1.29 is 18.3 Å². The van der Waals surface area contributed by atoms with Gasteiger partial charge < -0.3 is 9.67 Å². The molecule has 7 nitrogen and oxygen atoms in total. The highest BCUT2D eigenvalue weighted by Gasteiger charge is 2.18. The number of hydrogen-bond acceptors (Lipinski definition) is 4. The molecule has 0 spiro atoms. The monoisotopic (exact) mass is 233 g/mol. The fourth-order valence-corrected chi connectivity index (χ4v) is 1.90. The molecule has 0 unspecified atom stereocenters. The van der Waals surface area contributed by atoms with Crippen LogP contribution in [0.15, 0.2) is 11.2 Å². The van der Waals surface area contributed by atoms with Crippen LogP contribution in [0.5, 0.6) is 0 Å². The molecule has 0 fully saturated rings. The minimum atomic E-state index is -3.82. The SMILES string of the molecule is Cc1nc(S(=O)(=O)NCC(=O)O)cn1C. The molecule has 0 saturated heterocycles. The molecule has 0 radical (unpaired) electrons. The quantitative estimate of drug-likeness (QED) is 0.701. The molecule has 2 N–H and O–H groups in total. The van der Waals surface area contributed by atoms with Crippen LogP contribution >= 0.6 is 0 Å². The molecule has 1 aromatic heterocycles. The number of carbonyl (C=O) groups is 1. The third kappa shape index (κ3) is 2.77. The predicted molar refractivity (Wildman–Crippen MR) is 50.8 cm³/mol. The van der Waals surface area contributed by atoms with E-state index in [0.717, 1.165) is 0 Å². The van der Waals surface area contributed by atoms with Crippen molar-refractivity contribution in [1.29, 1.82) is 0 Å². The normalized spacial score (nSPS) is 11.6. The number of aliphatic carboxylic acids is 1. The highest BCUT2D eigenvalue weighted by Crippen LogP contribution is 2.06. The first-order valence-corrected chi connectivity index (χ1v) is 5.52. The van der Waals surface area contributed by atoms with Gasteiger partial charge in [0.1, 0.15) is 12.4 Å². The second-order valence-corrected chi connectivity index (χ2v) is 4.67. The number of carboxylic acid groups (broad SMARTS) is 1. The van der Waals surface area contributed by atoms with Crippen molar-refractivity contribution in [2.75, 3.05) is 6.54 Å². The molecule has 15 heavy (non-hydrogen) atoms. The molecule has 1 rings (SSSR count). The first-order chi connectivity index (χ1) is 6.83. The fraction of sp³-hybridized carbons (Fsp3) is 0.429. The Morgan fingerprint density at radius 3 is 2.67 bits per heavy atom. The zero-order valence-electron chi connectivity index (χ0n) is 8.26. The summed E-state index contributed by atoms with van der Waals surface area (Å²) < 4.78 is 26.4. The molecule has 0 aliphatic rings. The molecule has 0 atom stereocenters. The maximum Gasteiger partial charge on any atom is 0.318 e. The summed E-state index contributed by atoms with van der Waals surface area (Å²) in [5.74, 6) is -0.711. The Kier molecular flexibility index (Phi) is 3.10. The molecule has 0 amide bonds. The van der Waals surface area contributed by atoms with Gasteiger partial charge in [-0.2, -0.15) is 4.72 Å². The molecule has 0 saturated carbocycles. The van der Waals surface area contributed by atoms with Gasteiger partial charge in [-0.25, -0.2) is 13.4 Å². The minimum absolute atomic E-state index is 0.177. The van der Waals surface area contributed by atoms with E-state index in [2.05, 4.69) is 4.98 Å². The first-order valence-electron chi connectivity index (χ1n) is 4.04. The van der Waals surface area contributed by atoms with Gasteiger partial charge in [0.2, 0.25) is 0 Å². The van der Waals surface area contributed by atoms with Crippen LogP contribution in [0.1, 0.15) is 5.82 Å². The number of rotatable bonds is 4. The highest BCUT2D eigenvalue weighted by atomic mass is 32.2. The summed E-state index contributed by atoms with van der Waals surface area (Å²) in [6, 6.07) is 0. The van der Waals surface area contributed by atoms with Gasteiger partial charge in [-0.05, 0) is 6.92 Å². The topological polar surface area (TPSA) is 101 Å². The smallest absolute Gasteiger partial charge is 0.318 e. The van der Waals surface area contributed by atoms with Gasteiger partial charge in [-0.3, -0.25) is 4.79 Å². The summed E-state index contributed by atoms with van der Waals surface area (Å²) in [6.07, 6.45) is 1.32. The number of aryl methyl sites for hydroxylation is 2. The number of hydrogen-bond donors (Lipinski definition) is 2. The Labute approximate surface area is 86.8 Å². The minimum Gasteiger partial charge on any atom is -0.480 e. The molecule has 84 valence electrons. The Hall–Kier alpha value is -1.41. The second kappa shape index (κ2) is 3.99. The van der Waals surface area contributed by atoms with Crippen LogP contribution in [0.2, 0.25) is 0 Å². The molecule has 0 aromatic carbocycles. The van der Waals surface area contributed by atoms with Crippen molar-refractivity contribution in [2.45, 2.75) is 11.9 Å². The first kappa shape index (κ1) is 11.7. The largest absolute Gasteiger partial charge is 0.480 e. The molecule has 1 heterocycles. The van der Waals surface area contributed by atoms with E-state index in [-0.39, 0.29) is 5.03 Å². The lowest BCUT2D eigenvalue weighted by molar-refractivity contribution is -0.135. The van der Waals surface area contributed by atoms with Crippen LogP contribution in [0.25, 0.3) is 0 Å². The Balaban J connectivity index is 2.91. The molecule has 0 bridgehead atoms. The zero-order valence-corrected chi connectivity index (χ0v) is 9.08.